The van der Waals surface area contributed by atoms with Crippen LogP contribution in [-0.4, -0.2) is 29.8 Å². The number of anilines is 1. The SMILES string of the molecule is Cc1ccc(NS(=O)(=O)c2ccc3c(c2)OCCC3c2ccc(C(F)(F)F)cc2-c2ccnn2C)nc1. The lowest BCUT2D eigenvalue weighted by atomic mass is 9.83. The normalized spacial score (nSPS) is 15.6. The third-order valence-electron chi connectivity index (χ3n) is 6.34. The molecule has 3 heterocycles. The van der Waals surface area contributed by atoms with E-state index in [0.29, 0.717) is 34.6 Å². The van der Waals surface area contributed by atoms with E-state index in [0.717, 1.165) is 17.7 Å². The predicted molar refractivity (Wildman–Crippen MR) is 132 cm³/mol. The zero-order valence-corrected chi connectivity index (χ0v) is 20.8. The number of pyridine rings is 1. The van der Waals surface area contributed by atoms with E-state index in [4.69, 9.17) is 4.74 Å². The average Bonchev–Trinajstić information content (AvgIpc) is 3.29. The summed E-state index contributed by atoms with van der Waals surface area (Å²) in [5.74, 6) is 0.249. The van der Waals surface area contributed by atoms with Crippen LogP contribution in [0.4, 0.5) is 19.0 Å². The third kappa shape index (κ3) is 4.91. The molecule has 0 saturated heterocycles. The molecule has 2 aromatic heterocycles. The Hall–Kier alpha value is -3.86. The van der Waals surface area contributed by atoms with Gasteiger partial charge in [-0.3, -0.25) is 9.40 Å². The van der Waals surface area contributed by atoms with Gasteiger partial charge in [0, 0.05) is 42.6 Å². The molecule has 0 radical (unpaired) electrons. The molecule has 7 nitrogen and oxygen atoms in total. The lowest BCUT2D eigenvalue weighted by Gasteiger charge is -2.28. The van der Waals surface area contributed by atoms with Crippen molar-refractivity contribution in [1.82, 2.24) is 14.8 Å². The quantitative estimate of drug-likeness (QED) is 0.369. The van der Waals surface area contributed by atoms with Crippen molar-refractivity contribution in [2.45, 2.75) is 30.3 Å². The van der Waals surface area contributed by atoms with Gasteiger partial charge in [0.25, 0.3) is 10.0 Å². The number of benzene rings is 2. The molecule has 37 heavy (non-hydrogen) atoms. The van der Waals surface area contributed by atoms with Crippen LogP contribution >= 0.6 is 0 Å². The molecule has 0 aliphatic carbocycles. The topological polar surface area (TPSA) is 86.1 Å². The minimum atomic E-state index is -4.50. The highest BCUT2D eigenvalue weighted by atomic mass is 32.2. The first-order valence-electron chi connectivity index (χ1n) is 11.4. The Morgan fingerprint density at radius 1 is 1.05 bits per heavy atom. The molecule has 1 aliphatic heterocycles. The maximum absolute atomic E-state index is 13.5. The summed E-state index contributed by atoms with van der Waals surface area (Å²) in [6, 6.07) is 13.2. The van der Waals surface area contributed by atoms with Gasteiger partial charge in [0.15, 0.2) is 0 Å². The number of sulfonamides is 1. The van der Waals surface area contributed by atoms with Gasteiger partial charge in [0.2, 0.25) is 0 Å². The monoisotopic (exact) mass is 528 g/mol. The number of aryl methyl sites for hydroxylation is 2. The minimum Gasteiger partial charge on any atom is -0.493 e. The molecular formula is C26H23F3N4O3S. The highest BCUT2D eigenvalue weighted by Gasteiger charge is 2.33. The molecule has 0 fully saturated rings. The molecule has 5 rings (SSSR count). The summed E-state index contributed by atoms with van der Waals surface area (Å²) in [5, 5.41) is 4.13. The molecule has 192 valence electrons. The molecule has 1 N–H and O–H groups in total. The van der Waals surface area contributed by atoms with Crippen LogP contribution in [0, 0.1) is 6.92 Å². The Bertz CT molecular complexity index is 1560. The van der Waals surface area contributed by atoms with E-state index in [1.165, 1.54) is 29.1 Å². The van der Waals surface area contributed by atoms with Crippen LogP contribution < -0.4 is 9.46 Å². The van der Waals surface area contributed by atoms with Crippen molar-refractivity contribution in [2.24, 2.45) is 7.05 Å². The number of hydrogen-bond donors (Lipinski definition) is 1. The van der Waals surface area contributed by atoms with Crippen molar-refractivity contribution in [3.05, 3.63) is 89.2 Å². The Morgan fingerprint density at radius 3 is 2.51 bits per heavy atom. The van der Waals surface area contributed by atoms with Crippen LogP contribution in [0.25, 0.3) is 11.3 Å². The molecule has 0 bridgehead atoms. The van der Waals surface area contributed by atoms with Gasteiger partial charge in [0.05, 0.1) is 22.8 Å². The van der Waals surface area contributed by atoms with Crippen molar-refractivity contribution in [2.75, 3.05) is 11.3 Å². The van der Waals surface area contributed by atoms with Gasteiger partial charge in [-0.2, -0.15) is 18.3 Å². The van der Waals surface area contributed by atoms with Crippen molar-refractivity contribution in [3.63, 3.8) is 0 Å². The summed E-state index contributed by atoms with van der Waals surface area (Å²) >= 11 is 0. The van der Waals surface area contributed by atoms with E-state index >= 15 is 0 Å². The zero-order chi connectivity index (χ0) is 26.4. The molecule has 11 heteroatoms. The molecule has 4 aromatic rings. The summed E-state index contributed by atoms with van der Waals surface area (Å²) in [5.41, 5.74) is 2.47. The number of fused-ring (bicyclic) bond motifs is 1. The molecule has 0 amide bonds. The van der Waals surface area contributed by atoms with Crippen LogP contribution in [-0.2, 0) is 23.2 Å². The number of ether oxygens (including phenoxy) is 1. The highest BCUT2D eigenvalue weighted by Crippen LogP contribution is 2.44. The van der Waals surface area contributed by atoms with E-state index < -0.39 is 21.8 Å². The predicted octanol–water partition coefficient (Wildman–Crippen LogP) is 5.52. The van der Waals surface area contributed by atoms with Gasteiger partial charge in [-0.05, 0) is 54.8 Å². The molecule has 0 saturated carbocycles. The van der Waals surface area contributed by atoms with Crippen LogP contribution in [0.5, 0.6) is 5.75 Å². The summed E-state index contributed by atoms with van der Waals surface area (Å²) in [6.45, 7) is 2.12. The second-order valence-electron chi connectivity index (χ2n) is 8.86. The number of halogens is 3. The van der Waals surface area contributed by atoms with E-state index in [1.54, 1.807) is 37.5 Å². The third-order valence-corrected chi connectivity index (χ3v) is 7.69. The fourth-order valence-electron chi connectivity index (χ4n) is 4.48. The number of alkyl halides is 3. The first-order valence-corrected chi connectivity index (χ1v) is 12.9. The number of rotatable bonds is 5. The van der Waals surface area contributed by atoms with Gasteiger partial charge in [-0.25, -0.2) is 13.4 Å². The Labute approximate surface area is 212 Å². The summed E-state index contributed by atoms with van der Waals surface area (Å²) in [6.07, 6.45) is -0.893. The van der Waals surface area contributed by atoms with Crippen molar-refractivity contribution >= 4 is 15.8 Å². The first kappa shape index (κ1) is 24.8. The van der Waals surface area contributed by atoms with Gasteiger partial charge in [-0.15, -0.1) is 0 Å². The maximum atomic E-state index is 13.5. The van der Waals surface area contributed by atoms with Crippen molar-refractivity contribution in [3.8, 4) is 17.0 Å². The van der Waals surface area contributed by atoms with Gasteiger partial charge in [0.1, 0.15) is 11.6 Å². The summed E-state index contributed by atoms with van der Waals surface area (Å²) in [7, 11) is -2.27. The molecule has 1 atom stereocenters. The van der Waals surface area contributed by atoms with E-state index in [1.807, 2.05) is 6.92 Å². The Balaban J connectivity index is 1.54. The van der Waals surface area contributed by atoms with E-state index in [9.17, 15) is 21.6 Å². The Kier molecular flexibility index (Phi) is 6.18. The van der Waals surface area contributed by atoms with E-state index in [2.05, 4.69) is 14.8 Å². The average molecular weight is 529 g/mol. The van der Waals surface area contributed by atoms with Gasteiger partial charge in [-0.1, -0.05) is 18.2 Å². The van der Waals surface area contributed by atoms with Crippen LogP contribution in [0.1, 0.15) is 34.6 Å². The minimum absolute atomic E-state index is 0.00597. The Morgan fingerprint density at radius 2 is 1.84 bits per heavy atom. The fourth-order valence-corrected chi connectivity index (χ4v) is 5.50. The molecule has 1 unspecified atom stereocenters. The zero-order valence-electron chi connectivity index (χ0n) is 20.0. The number of aromatic nitrogens is 3. The standard InChI is InChI=1S/C26H23F3N4O3S/c1-16-3-8-25(30-15-16)32-37(34,35)18-5-7-21-20(10-12-36-24(21)14-18)19-6-4-17(26(27,28)29)13-22(19)23-9-11-31-33(23)2/h3-9,11,13-15,20H,10,12H2,1-2H3,(H,30,32). The number of hydrogen-bond acceptors (Lipinski definition) is 5. The smallest absolute Gasteiger partial charge is 0.416 e. The fraction of sp³-hybridized carbons (Fsp3) is 0.231. The number of nitrogens with zero attached hydrogens (tertiary/aromatic N) is 3. The second-order valence-corrected chi connectivity index (χ2v) is 10.5. The van der Waals surface area contributed by atoms with Crippen LogP contribution in [0.2, 0.25) is 0 Å². The molecule has 1 aliphatic rings. The molecular weight excluding hydrogens is 505 g/mol. The second kappa shape index (κ2) is 9.22. The molecule has 2 aromatic carbocycles. The highest BCUT2D eigenvalue weighted by molar-refractivity contribution is 7.92. The maximum Gasteiger partial charge on any atom is 0.416 e. The first-order chi connectivity index (χ1) is 17.5. The van der Waals surface area contributed by atoms with Crippen LogP contribution in [0.15, 0.2) is 71.9 Å². The summed E-state index contributed by atoms with van der Waals surface area (Å²) in [4.78, 5) is 4.08. The van der Waals surface area contributed by atoms with Crippen molar-refractivity contribution < 1.29 is 26.3 Å². The molecule has 0 spiro atoms. The lowest BCUT2D eigenvalue weighted by molar-refractivity contribution is -0.137. The van der Waals surface area contributed by atoms with Gasteiger partial charge >= 0.3 is 6.18 Å². The lowest BCUT2D eigenvalue weighted by Crippen LogP contribution is -2.19. The number of nitrogens with one attached hydrogen (secondary N) is 1. The summed E-state index contributed by atoms with van der Waals surface area (Å²) < 4.78 is 76.4. The van der Waals surface area contributed by atoms with Crippen molar-refractivity contribution in [1.29, 1.82) is 0 Å². The van der Waals surface area contributed by atoms with E-state index in [-0.39, 0.29) is 23.2 Å². The van der Waals surface area contributed by atoms with Gasteiger partial charge < -0.3 is 4.74 Å². The van der Waals surface area contributed by atoms with Crippen LogP contribution in [0.3, 0.4) is 0 Å². The largest absolute Gasteiger partial charge is 0.493 e.